The minimum Gasteiger partial charge on any atom is -0.497 e. The minimum absolute atomic E-state index is 0.189. The van der Waals surface area contributed by atoms with Crippen LogP contribution in [0.25, 0.3) is 0 Å². The van der Waals surface area contributed by atoms with Gasteiger partial charge in [-0.1, -0.05) is 12.1 Å². The van der Waals surface area contributed by atoms with E-state index in [4.69, 9.17) is 9.47 Å². The van der Waals surface area contributed by atoms with Crippen LogP contribution < -0.4 is 19.7 Å². The molecule has 0 radical (unpaired) electrons. The van der Waals surface area contributed by atoms with Gasteiger partial charge in [0, 0.05) is 0 Å². The molecular formula is C19H18N2O5. The van der Waals surface area contributed by atoms with Gasteiger partial charge in [-0.2, -0.15) is 0 Å². The van der Waals surface area contributed by atoms with Crippen molar-refractivity contribution in [3.05, 3.63) is 54.1 Å². The molecule has 7 nitrogen and oxygen atoms in total. The lowest BCUT2D eigenvalue weighted by Crippen LogP contribution is -2.58. The first kappa shape index (κ1) is 17.5. The third kappa shape index (κ3) is 3.37. The molecular weight excluding hydrogens is 336 g/mol. The fourth-order valence-electron chi connectivity index (χ4n) is 2.77. The largest absolute Gasteiger partial charge is 0.497 e. The molecule has 2 aromatic rings. The summed E-state index contributed by atoms with van der Waals surface area (Å²) in [5, 5.41) is 2.25. The summed E-state index contributed by atoms with van der Waals surface area (Å²) >= 11 is 0. The summed E-state index contributed by atoms with van der Waals surface area (Å²) < 4.78 is 10.2. The van der Waals surface area contributed by atoms with E-state index < -0.39 is 23.8 Å². The van der Waals surface area contributed by atoms with Crippen LogP contribution in [0.3, 0.4) is 0 Å². The first-order valence-electron chi connectivity index (χ1n) is 7.99. The summed E-state index contributed by atoms with van der Waals surface area (Å²) in [6.07, 6.45) is 0.189. The van der Waals surface area contributed by atoms with Crippen LogP contribution in [-0.4, -0.2) is 32.1 Å². The minimum atomic E-state index is -0.983. The molecule has 1 aliphatic heterocycles. The number of nitrogens with one attached hydrogen (secondary N) is 1. The zero-order chi connectivity index (χ0) is 18.7. The van der Waals surface area contributed by atoms with Crippen molar-refractivity contribution in [2.45, 2.75) is 6.42 Å². The van der Waals surface area contributed by atoms with Gasteiger partial charge in [0.2, 0.25) is 11.8 Å². The highest BCUT2D eigenvalue weighted by Gasteiger charge is 2.41. The number of carbonyl (C=O) groups excluding carboxylic acids is 3. The van der Waals surface area contributed by atoms with E-state index in [2.05, 4.69) is 5.32 Å². The molecule has 134 valence electrons. The van der Waals surface area contributed by atoms with Crippen molar-refractivity contribution < 1.29 is 23.9 Å². The molecule has 0 aromatic heterocycles. The van der Waals surface area contributed by atoms with E-state index in [1.165, 1.54) is 7.11 Å². The quantitative estimate of drug-likeness (QED) is 0.832. The standard InChI is InChI=1S/C19H18N2O5/c1-25-14-7-3-12(4-8-14)11-16-17(22)20-19(24)21(18(16)23)13-5-9-15(26-2)10-6-13/h3-10,16H,11H2,1-2H3,(H,20,22,24)/t16-/m0/s1. The molecule has 7 heteroatoms. The maximum atomic E-state index is 12.8. The number of carbonyl (C=O) groups is 3. The lowest BCUT2D eigenvalue weighted by molar-refractivity contribution is -0.134. The SMILES string of the molecule is COc1ccc(C[C@H]2C(=O)NC(=O)N(c3ccc(OC)cc3)C2=O)cc1. The molecule has 0 aliphatic carbocycles. The van der Waals surface area contributed by atoms with Crippen LogP contribution in [-0.2, 0) is 16.0 Å². The van der Waals surface area contributed by atoms with Gasteiger partial charge >= 0.3 is 6.03 Å². The van der Waals surface area contributed by atoms with Crippen molar-refractivity contribution in [1.82, 2.24) is 5.32 Å². The summed E-state index contributed by atoms with van der Waals surface area (Å²) in [5.41, 5.74) is 1.17. The van der Waals surface area contributed by atoms with Gasteiger partial charge in [-0.25, -0.2) is 9.69 Å². The third-order valence-electron chi connectivity index (χ3n) is 4.20. The van der Waals surface area contributed by atoms with Crippen molar-refractivity contribution in [2.75, 3.05) is 19.1 Å². The Morgan fingerprint density at radius 3 is 1.96 bits per heavy atom. The van der Waals surface area contributed by atoms with Gasteiger partial charge in [0.1, 0.15) is 17.4 Å². The Bertz CT molecular complexity index is 830. The lowest BCUT2D eigenvalue weighted by Gasteiger charge is -2.30. The van der Waals surface area contributed by atoms with Gasteiger partial charge in [0.05, 0.1) is 19.9 Å². The van der Waals surface area contributed by atoms with Gasteiger partial charge in [-0.15, -0.1) is 0 Å². The molecule has 0 saturated carbocycles. The Hall–Kier alpha value is -3.35. The van der Waals surface area contributed by atoms with E-state index in [1.807, 2.05) is 0 Å². The van der Waals surface area contributed by atoms with Crippen molar-refractivity contribution in [2.24, 2.45) is 5.92 Å². The molecule has 0 bridgehead atoms. The number of amides is 4. The Kier molecular flexibility index (Phi) is 4.88. The number of hydrogen-bond donors (Lipinski definition) is 1. The van der Waals surface area contributed by atoms with Crippen molar-refractivity contribution in [3.8, 4) is 11.5 Å². The number of imide groups is 2. The average molecular weight is 354 g/mol. The Labute approximate surface area is 150 Å². The van der Waals surface area contributed by atoms with Crippen LogP contribution in [0.15, 0.2) is 48.5 Å². The number of nitrogens with zero attached hydrogens (tertiary/aromatic N) is 1. The zero-order valence-electron chi connectivity index (χ0n) is 14.4. The van der Waals surface area contributed by atoms with Crippen LogP contribution in [0, 0.1) is 5.92 Å². The van der Waals surface area contributed by atoms with Gasteiger partial charge in [-0.3, -0.25) is 14.9 Å². The van der Waals surface area contributed by atoms with Crippen molar-refractivity contribution >= 4 is 23.5 Å². The number of rotatable bonds is 5. The van der Waals surface area contributed by atoms with Gasteiger partial charge < -0.3 is 9.47 Å². The first-order chi connectivity index (χ1) is 12.5. The maximum absolute atomic E-state index is 12.8. The fraction of sp³-hybridized carbons (Fsp3) is 0.211. The molecule has 0 spiro atoms. The van der Waals surface area contributed by atoms with E-state index in [-0.39, 0.29) is 6.42 Å². The lowest BCUT2D eigenvalue weighted by atomic mass is 9.95. The highest BCUT2D eigenvalue weighted by atomic mass is 16.5. The molecule has 1 N–H and O–H groups in total. The third-order valence-corrected chi connectivity index (χ3v) is 4.20. The second-order valence-corrected chi connectivity index (χ2v) is 5.77. The molecule has 1 atom stereocenters. The Morgan fingerprint density at radius 2 is 1.42 bits per heavy atom. The van der Waals surface area contributed by atoms with Crippen molar-refractivity contribution in [1.29, 1.82) is 0 Å². The first-order valence-corrected chi connectivity index (χ1v) is 7.99. The molecule has 1 fully saturated rings. The molecule has 26 heavy (non-hydrogen) atoms. The molecule has 0 unspecified atom stereocenters. The zero-order valence-corrected chi connectivity index (χ0v) is 14.4. The second kappa shape index (κ2) is 7.26. The molecule has 1 heterocycles. The summed E-state index contributed by atoms with van der Waals surface area (Å²) in [6.45, 7) is 0. The topological polar surface area (TPSA) is 84.9 Å². The summed E-state index contributed by atoms with van der Waals surface area (Å²) in [5.74, 6) is -0.851. The number of barbiturate groups is 1. The van der Waals surface area contributed by atoms with Crippen LogP contribution in [0.4, 0.5) is 10.5 Å². The van der Waals surface area contributed by atoms with E-state index >= 15 is 0 Å². The fourth-order valence-corrected chi connectivity index (χ4v) is 2.77. The summed E-state index contributed by atoms with van der Waals surface area (Å²) in [7, 11) is 3.09. The van der Waals surface area contributed by atoms with Crippen LogP contribution in [0.2, 0.25) is 0 Å². The van der Waals surface area contributed by atoms with Crippen LogP contribution in [0.1, 0.15) is 5.56 Å². The smallest absolute Gasteiger partial charge is 0.335 e. The monoisotopic (exact) mass is 354 g/mol. The number of benzene rings is 2. The number of anilines is 1. The van der Waals surface area contributed by atoms with Gasteiger partial charge in [0.15, 0.2) is 0 Å². The highest BCUT2D eigenvalue weighted by Crippen LogP contribution is 2.25. The van der Waals surface area contributed by atoms with Crippen molar-refractivity contribution in [3.63, 3.8) is 0 Å². The predicted octanol–water partition coefficient (Wildman–Crippen LogP) is 2.15. The molecule has 1 aliphatic rings. The number of ether oxygens (including phenoxy) is 2. The van der Waals surface area contributed by atoms with Crippen LogP contribution in [0.5, 0.6) is 11.5 Å². The Morgan fingerprint density at radius 1 is 0.885 bits per heavy atom. The molecule has 2 aromatic carbocycles. The van der Waals surface area contributed by atoms with E-state index in [0.717, 1.165) is 10.5 Å². The van der Waals surface area contributed by atoms with Gasteiger partial charge in [0.25, 0.3) is 0 Å². The molecule has 4 amide bonds. The van der Waals surface area contributed by atoms with E-state index in [9.17, 15) is 14.4 Å². The number of methoxy groups -OCH3 is 2. The van der Waals surface area contributed by atoms with E-state index in [1.54, 1.807) is 55.6 Å². The summed E-state index contributed by atoms with van der Waals surface area (Å²) in [4.78, 5) is 38.2. The summed E-state index contributed by atoms with van der Waals surface area (Å²) in [6, 6.07) is 12.8. The van der Waals surface area contributed by atoms with Crippen LogP contribution >= 0.6 is 0 Å². The van der Waals surface area contributed by atoms with E-state index in [0.29, 0.717) is 17.2 Å². The highest BCUT2D eigenvalue weighted by molar-refractivity contribution is 6.27. The number of hydrogen-bond acceptors (Lipinski definition) is 5. The molecule has 1 saturated heterocycles. The second-order valence-electron chi connectivity index (χ2n) is 5.77. The van der Waals surface area contributed by atoms with Gasteiger partial charge in [-0.05, 0) is 48.4 Å². The maximum Gasteiger partial charge on any atom is 0.335 e. The Balaban J connectivity index is 1.84. The predicted molar refractivity (Wildman–Crippen MR) is 94.2 cm³/mol. The normalized spacial score (nSPS) is 17.1. The average Bonchev–Trinajstić information content (AvgIpc) is 2.66. The molecule has 3 rings (SSSR count). The number of urea groups is 1.